The van der Waals surface area contributed by atoms with Crippen LogP contribution in [0.5, 0.6) is 0 Å². The lowest BCUT2D eigenvalue weighted by Crippen LogP contribution is -2.20. The monoisotopic (exact) mass is 286 g/mol. The SMILES string of the molecule is N#Cc1ccc(-n2ccc(=O)c(C(=O)O)n2)c([N+](=O)[O-])c1. The van der Waals surface area contributed by atoms with Gasteiger partial charge in [0, 0.05) is 18.3 Å². The van der Waals surface area contributed by atoms with Gasteiger partial charge in [0.25, 0.3) is 5.69 Å². The van der Waals surface area contributed by atoms with Crippen LogP contribution >= 0.6 is 0 Å². The topological polar surface area (TPSA) is 139 Å². The lowest BCUT2D eigenvalue weighted by atomic mass is 10.2. The molecule has 1 N–H and O–H groups in total. The molecule has 0 saturated heterocycles. The Morgan fingerprint density at radius 2 is 2.14 bits per heavy atom. The summed E-state index contributed by atoms with van der Waals surface area (Å²) in [6.45, 7) is 0. The first kappa shape index (κ1) is 13.9. The molecule has 0 aliphatic heterocycles. The van der Waals surface area contributed by atoms with E-state index in [-0.39, 0.29) is 11.3 Å². The molecule has 9 heteroatoms. The van der Waals surface area contributed by atoms with Gasteiger partial charge in [-0.05, 0) is 12.1 Å². The number of nitriles is 1. The maximum atomic E-state index is 11.3. The van der Waals surface area contributed by atoms with E-state index >= 15 is 0 Å². The molecular weight excluding hydrogens is 280 g/mol. The van der Waals surface area contributed by atoms with Gasteiger partial charge in [0.15, 0.2) is 0 Å². The summed E-state index contributed by atoms with van der Waals surface area (Å²) >= 11 is 0. The fourth-order valence-electron chi connectivity index (χ4n) is 1.62. The number of nitrogens with zero attached hydrogens (tertiary/aromatic N) is 4. The van der Waals surface area contributed by atoms with Crippen molar-refractivity contribution in [3.63, 3.8) is 0 Å². The average Bonchev–Trinajstić information content (AvgIpc) is 2.46. The minimum Gasteiger partial charge on any atom is -0.476 e. The van der Waals surface area contributed by atoms with Gasteiger partial charge in [-0.1, -0.05) is 0 Å². The van der Waals surface area contributed by atoms with Crippen molar-refractivity contribution < 1.29 is 14.8 Å². The zero-order valence-corrected chi connectivity index (χ0v) is 10.3. The summed E-state index contributed by atoms with van der Waals surface area (Å²) in [6.07, 6.45) is 1.11. The van der Waals surface area contributed by atoms with E-state index in [2.05, 4.69) is 5.10 Å². The van der Waals surface area contributed by atoms with E-state index in [0.29, 0.717) is 0 Å². The van der Waals surface area contributed by atoms with Crippen LogP contribution in [0.3, 0.4) is 0 Å². The third kappa shape index (κ3) is 2.59. The summed E-state index contributed by atoms with van der Waals surface area (Å²) in [6, 6.07) is 6.31. The number of benzene rings is 1. The highest BCUT2D eigenvalue weighted by atomic mass is 16.6. The van der Waals surface area contributed by atoms with Gasteiger partial charge in [0.05, 0.1) is 16.6 Å². The Kier molecular flexibility index (Phi) is 3.45. The normalized spacial score (nSPS) is 9.86. The lowest BCUT2D eigenvalue weighted by Gasteiger charge is -2.06. The lowest BCUT2D eigenvalue weighted by molar-refractivity contribution is -0.384. The highest BCUT2D eigenvalue weighted by molar-refractivity contribution is 5.84. The maximum Gasteiger partial charge on any atom is 0.360 e. The Balaban J connectivity index is 2.70. The van der Waals surface area contributed by atoms with Crippen molar-refractivity contribution in [3.05, 3.63) is 62.1 Å². The summed E-state index contributed by atoms with van der Waals surface area (Å²) in [7, 11) is 0. The van der Waals surface area contributed by atoms with Crippen LogP contribution in [0.1, 0.15) is 16.1 Å². The largest absolute Gasteiger partial charge is 0.476 e. The molecule has 0 saturated carbocycles. The van der Waals surface area contributed by atoms with E-state index in [9.17, 15) is 19.7 Å². The first-order chi connectivity index (χ1) is 9.93. The molecule has 21 heavy (non-hydrogen) atoms. The van der Waals surface area contributed by atoms with Gasteiger partial charge < -0.3 is 5.11 Å². The zero-order chi connectivity index (χ0) is 15.6. The Morgan fingerprint density at radius 3 is 2.71 bits per heavy atom. The summed E-state index contributed by atoms with van der Waals surface area (Å²) in [5.74, 6) is -1.54. The van der Waals surface area contributed by atoms with Gasteiger partial charge >= 0.3 is 5.97 Å². The molecule has 1 aromatic carbocycles. The quantitative estimate of drug-likeness (QED) is 0.647. The zero-order valence-electron chi connectivity index (χ0n) is 10.3. The predicted octanol–water partition coefficient (Wildman–Crippen LogP) is 0.711. The molecule has 104 valence electrons. The molecule has 0 unspecified atom stereocenters. The van der Waals surface area contributed by atoms with E-state index < -0.39 is 27.7 Å². The number of nitro benzene ring substituents is 1. The Bertz CT molecular complexity index is 849. The number of carboxylic acid groups (broad SMARTS) is 1. The molecule has 0 bridgehead atoms. The van der Waals surface area contributed by atoms with Crippen LogP contribution in [0.15, 0.2) is 35.3 Å². The second-order valence-corrected chi connectivity index (χ2v) is 3.85. The maximum absolute atomic E-state index is 11.3. The highest BCUT2D eigenvalue weighted by Gasteiger charge is 2.18. The minimum atomic E-state index is -1.54. The van der Waals surface area contributed by atoms with Crippen molar-refractivity contribution >= 4 is 11.7 Å². The summed E-state index contributed by atoms with van der Waals surface area (Å²) in [5.41, 5.74) is -1.97. The molecule has 0 fully saturated rings. The smallest absolute Gasteiger partial charge is 0.360 e. The Morgan fingerprint density at radius 1 is 1.43 bits per heavy atom. The third-order valence-corrected chi connectivity index (χ3v) is 2.56. The molecule has 2 rings (SSSR count). The first-order valence-corrected chi connectivity index (χ1v) is 5.46. The Labute approximate surface area is 116 Å². The van der Waals surface area contributed by atoms with Gasteiger partial charge in [-0.25, -0.2) is 9.48 Å². The van der Waals surface area contributed by atoms with Crippen molar-refractivity contribution in [3.8, 4) is 11.8 Å². The second kappa shape index (κ2) is 5.22. The molecule has 2 aromatic rings. The molecule has 9 nitrogen and oxygen atoms in total. The highest BCUT2D eigenvalue weighted by Crippen LogP contribution is 2.23. The van der Waals surface area contributed by atoms with Gasteiger partial charge in [-0.3, -0.25) is 14.9 Å². The molecule has 1 heterocycles. The van der Waals surface area contributed by atoms with E-state index in [0.717, 1.165) is 23.0 Å². The number of carboxylic acids is 1. The fourth-order valence-corrected chi connectivity index (χ4v) is 1.62. The van der Waals surface area contributed by atoms with Crippen LogP contribution in [0, 0.1) is 21.4 Å². The molecule has 0 aliphatic rings. The van der Waals surface area contributed by atoms with Crippen molar-refractivity contribution in [2.45, 2.75) is 0 Å². The molecule has 0 spiro atoms. The van der Waals surface area contributed by atoms with E-state index in [1.165, 1.54) is 12.1 Å². The standard InChI is InChI=1S/C12H6N4O5/c13-6-7-1-2-8(9(5-7)16(20)21)15-4-3-10(17)11(14-15)12(18)19/h1-5H,(H,18,19). The molecule has 1 aromatic heterocycles. The number of rotatable bonds is 3. The van der Waals surface area contributed by atoms with Crippen molar-refractivity contribution in [2.75, 3.05) is 0 Å². The van der Waals surface area contributed by atoms with Crippen LogP contribution in [0.2, 0.25) is 0 Å². The average molecular weight is 286 g/mol. The number of nitro groups is 1. The van der Waals surface area contributed by atoms with Crippen molar-refractivity contribution in [2.24, 2.45) is 0 Å². The number of aromatic nitrogens is 2. The van der Waals surface area contributed by atoms with E-state index in [1.807, 2.05) is 0 Å². The summed E-state index contributed by atoms with van der Waals surface area (Å²) in [5, 5.41) is 32.2. The van der Waals surface area contributed by atoms with Crippen molar-refractivity contribution in [1.82, 2.24) is 9.78 Å². The Hall–Kier alpha value is -3.54. The van der Waals surface area contributed by atoms with Crippen LogP contribution in [-0.4, -0.2) is 25.8 Å². The van der Waals surface area contributed by atoms with E-state index in [4.69, 9.17) is 10.4 Å². The number of hydrogen-bond acceptors (Lipinski definition) is 6. The predicted molar refractivity (Wildman–Crippen MR) is 68.2 cm³/mol. The van der Waals surface area contributed by atoms with Gasteiger partial charge in [-0.2, -0.15) is 10.4 Å². The van der Waals surface area contributed by atoms with Crippen LogP contribution < -0.4 is 5.43 Å². The molecular formula is C12H6N4O5. The number of carbonyl (C=O) groups is 1. The van der Waals surface area contributed by atoms with Gasteiger partial charge in [-0.15, -0.1) is 0 Å². The minimum absolute atomic E-state index is 0.0542. The van der Waals surface area contributed by atoms with Crippen molar-refractivity contribution in [1.29, 1.82) is 5.26 Å². The van der Waals surface area contributed by atoms with Gasteiger partial charge in [0.1, 0.15) is 5.69 Å². The molecule has 0 aliphatic carbocycles. The third-order valence-electron chi connectivity index (χ3n) is 2.56. The molecule has 0 amide bonds. The summed E-state index contributed by atoms with van der Waals surface area (Å²) in [4.78, 5) is 32.5. The number of hydrogen-bond donors (Lipinski definition) is 1. The summed E-state index contributed by atoms with van der Waals surface area (Å²) < 4.78 is 0.907. The van der Waals surface area contributed by atoms with Crippen LogP contribution in [0.4, 0.5) is 5.69 Å². The molecule has 0 atom stereocenters. The fraction of sp³-hybridized carbons (Fsp3) is 0. The number of aromatic carboxylic acids is 1. The van der Waals surface area contributed by atoms with Crippen LogP contribution in [-0.2, 0) is 0 Å². The van der Waals surface area contributed by atoms with Gasteiger partial charge in [0.2, 0.25) is 11.1 Å². The first-order valence-electron chi connectivity index (χ1n) is 5.46. The second-order valence-electron chi connectivity index (χ2n) is 3.85. The van der Waals surface area contributed by atoms with Crippen LogP contribution in [0.25, 0.3) is 5.69 Å². The van der Waals surface area contributed by atoms with E-state index in [1.54, 1.807) is 6.07 Å². The molecule has 0 radical (unpaired) electrons.